The molecule has 0 radical (unpaired) electrons. The summed E-state index contributed by atoms with van der Waals surface area (Å²) in [5, 5.41) is 0. The monoisotopic (exact) mass is 529 g/mol. The fraction of sp³-hybridized carbons (Fsp3) is 0.364. The molecule has 0 saturated carbocycles. The number of ether oxygens (including phenoxy) is 3. The van der Waals surface area contributed by atoms with Crippen LogP contribution in [0.4, 0.5) is 0 Å². The van der Waals surface area contributed by atoms with E-state index in [1.165, 1.54) is 5.56 Å². The average molecular weight is 530 g/mol. The highest BCUT2D eigenvalue weighted by atomic mass is 16.5. The van der Waals surface area contributed by atoms with Gasteiger partial charge in [0.05, 0.1) is 24.5 Å². The summed E-state index contributed by atoms with van der Waals surface area (Å²) >= 11 is 0. The van der Waals surface area contributed by atoms with Gasteiger partial charge in [-0.3, -0.25) is 4.98 Å². The van der Waals surface area contributed by atoms with Gasteiger partial charge in [-0.05, 0) is 86.3 Å². The fourth-order valence-electron chi connectivity index (χ4n) is 3.92. The minimum atomic E-state index is -0.409. The van der Waals surface area contributed by atoms with Crippen molar-refractivity contribution in [3.8, 4) is 22.8 Å². The van der Waals surface area contributed by atoms with Crippen LogP contribution in [0.15, 0.2) is 79.0 Å². The van der Waals surface area contributed by atoms with E-state index in [0.717, 1.165) is 68.4 Å². The SMILES string of the molecule is C=C(C)C(=O)OCCCCCCCCCOc1ccc(C(=O)Oc2ccc(-c3ccc(CC)cn3)cc2)cc1. The van der Waals surface area contributed by atoms with E-state index < -0.39 is 5.97 Å². The van der Waals surface area contributed by atoms with Crippen LogP contribution < -0.4 is 9.47 Å². The first-order valence-corrected chi connectivity index (χ1v) is 13.8. The fourth-order valence-corrected chi connectivity index (χ4v) is 3.92. The van der Waals surface area contributed by atoms with E-state index in [9.17, 15) is 9.59 Å². The molecule has 39 heavy (non-hydrogen) atoms. The molecule has 0 aliphatic rings. The highest BCUT2D eigenvalue weighted by Crippen LogP contribution is 2.22. The van der Waals surface area contributed by atoms with E-state index in [4.69, 9.17) is 14.2 Å². The van der Waals surface area contributed by atoms with Crippen LogP contribution in [0.5, 0.6) is 11.5 Å². The maximum atomic E-state index is 12.6. The van der Waals surface area contributed by atoms with Crippen LogP contribution in [0.3, 0.4) is 0 Å². The van der Waals surface area contributed by atoms with Crippen molar-refractivity contribution in [2.75, 3.05) is 13.2 Å². The van der Waals surface area contributed by atoms with Crippen LogP contribution >= 0.6 is 0 Å². The Kier molecular flexibility index (Phi) is 12.2. The van der Waals surface area contributed by atoms with Gasteiger partial charge >= 0.3 is 11.9 Å². The lowest BCUT2D eigenvalue weighted by molar-refractivity contribution is -0.139. The summed E-state index contributed by atoms with van der Waals surface area (Å²) in [6, 6.07) is 18.5. The number of rotatable bonds is 16. The van der Waals surface area contributed by atoms with Crippen molar-refractivity contribution >= 4 is 11.9 Å². The number of benzene rings is 2. The van der Waals surface area contributed by atoms with Gasteiger partial charge in [0.15, 0.2) is 0 Å². The molecular weight excluding hydrogens is 490 g/mol. The number of unbranched alkanes of at least 4 members (excludes halogenated alkanes) is 6. The molecule has 3 aromatic rings. The van der Waals surface area contributed by atoms with Gasteiger partial charge < -0.3 is 14.2 Å². The first-order valence-electron chi connectivity index (χ1n) is 13.8. The van der Waals surface area contributed by atoms with E-state index in [1.807, 2.05) is 24.4 Å². The molecule has 6 nitrogen and oxygen atoms in total. The first kappa shape index (κ1) is 29.6. The van der Waals surface area contributed by atoms with Gasteiger partial charge in [-0.25, -0.2) is 9.59 Å². The largest absolute Gasteiger partial charge is 0.494 e. The quantitative estimate of drug-likeness (QED) is 0.0817. The number of hydrogen-bond donors (Lipinski definition) is 0. The van der Waals surface area contributed by atoms with Crippen molar-refractivity contribution in [3.05, 3.63) is 90.1 Å². The maximum Gasteiger partial charge on any atom is 0.343 e. The molecule has 0 unspecified atom stereocenters. The predicted octanol–water partition coefficient (Wildman–Crippen LogP) is 7.76. The molecule has 0 bridgehead atoms. The van der Waals surface area contributed by atoms with Gasteiger partial charge in [0.25, 0.3) is 0 Å². The van der Waals surface area contributed by atoms with Crippen molar-refractivity contribution in [1.82, 2.24) is 4.98 Å². The molecule has 0 saturated heterocycles. The summed E-state index contributed by atoms with van der Waals surface area (Å²) < 4.78 is 16.4. The van der Waals surface area contributed by atoms with Crippen molar-refractivity contribution in [3.63, 3.8) is 0 Å². The zero-order chi connectivity index (χ0) is 27.9. The lowest BCUT2D eigenvalue weighted by Gasteiger charge is -2.08. The van der Waals surface area contributed by atoms with E-state index >= 15 is 0 Å². The Hall–Kier alpha value is -3.93. The zero-order valence-electron chi connectivity index (χ0n) is 23.1. The van der Waals surface area contributed by atoms with Gasteiger partial charge in [0.1, 0.15) is 11.5 Å². The molecule has 0 amide bonds. The second-order valence-electron chi connectivity index (χ2n) is 9.58. The maximum absolute atomic E-state index is 12.6. The Morgan fingerprint density at radius 1 is 0.769 bits per heavy atom. The topological polar surface area (TPSA) is 74.7 Å². The van der Waals surface area contributed by atoms with Crippen molar-refractivity contribution in [2.24, 2.45) is 0 Å². The van der Waals surface area contributed by atoms with Gasteiger partial charge in [0, 0.05) is 17.3 Å². The Morgan fingerprint density at radius 2 is 1.38 bits per heavy atom. The Morgan fingerprint density at radius 3 is 1.97 bits per heavy atom. The number of pyridine rings is 1. The van der Waals surface area contributed by atoms with E-state index in [0.29, 0.717) is 30.1 Å². The normalized spacial score (nSPS) is 10.6. The third-order valence-corrected chi connectivity index (χ3v) is 6.32. The van der Waals surface area contributed by atoms with Crippen LogP contribution in [0.1, 0.15) is 74.7 Å². The van der Waals surface area contributed by atoms with E-state index in [1.54, 1.807) is 43.3 Å². The van der Waals surface area contributed by atoms with Crippen LogP contribution in [0.25, 0.3) is 11.3 Å². The van der Waals surface area contributed by atoms with Gasteiger partial charge in [0.2, 0.25) is 0 Å². The molecule has 0 aliphatic carbocycles. The van der Waals surface area contributed by atoms with Crippen molar-refractivity contribution in [2.45, 2.75) is 65.2 Å². The minimum absolute atomic E-state index is 0.307. The summed E-state index contributed by atoms with van der Waals surface area (Å²) in [6.45, 7) is 8.44. The van der Waals surface area contributed by atoms with Gasteiger partial charge in [-0.2, -0.15) is 0 Å². The lowest BCUT2D eigenvalue weighted by Crippen LogP contribution is -2.08. The highest BCUT2D eigenvalue weighted by Gasteiger charge is 2.10. The van der Waals surface area contributed by atoms with Gasteiger partial charge in [-0.15, -0.1) is 0 Å². The molecule has 206 valence electrons. The molecule has 0 spiro atoms. The summed E-state index contributed by atoms with van der Waals surface area (Å²) in [5.41, 5.74) is 3.97. The summed E-state index contributed by atoms with van der Waals surface area (Å²) in [4.78, 5) is 28.3. The number of carbonyl (C=O) groups excluding carboxylic acids is 2. The number of esters is 2. The smallest absolute Gasteiger partial charge is 0.343 e. The lowest BCUT2D eigenvalue weighted by atomic mass is 10.1. The summed E-state index contributed by atoms with van der Waals surface area (Å²) in [7, 11) is 0. The standard InChI is InChI=1S/C33H39NO5/c1-4-26-12-21-31(34-24-26)27-13-19-30(20-14-27)39-33(36)28-15-17-29(18-16-28)37-22-10-8-6-5-7-9-11-23-38-32(35)25(2)3/h12-21,24H,2,4-11,22-23H2,1,3H3. The van der Waals surface area contributed by atoms with Crippen LogP contribution in [0.2, 0.25) is 0 Å². The Labute approximate surface area is 232 Å². The number of aromatic nitrogens is 1. The Balaban J connectivity index is 1.29. The van der Waals surface area contributed by atoms with Crippen molar-refractivity contribution in [1.29, 1.82) is 0 Å². The third-order valence-electron chi connectivity index (χ3n) is 6.32. The predicted molar refractivity (Wildman–Crippen MR) is 154 cm³/mol. The van der Waals surface area contributed by atoms with Gasteiger partial charge in [-0.1, -0.05) is 51.7 Å². The molecule has 0 N–H and O–H groups in total. The Bertz CT molecular complexity index is 1180. The molecule has 0 fully saturated rings. The van der Waals surface area contributed by atoms with Crippen LogP contribution in [0, 0.1) is 0 Å². The first-order chi connectivity index (χ1) is 19.0. The second kappa shape index (κ2) is 16.1. The van der Waals surface area contributed by atoms with Crippen LogP contribution in [-0.2, 0) is 16.0 Å². The molecule has 3 rings (SSSR count). The third kappa shape index (κ3) is 10.4. The number of nitrogens with zero attached hydrogens (tertiary/aromatic N) is 1. The molecule has 6 heteroatoms. The minimum Gasteiger partial charge on any atom is -0.494 e. The number of carbonyl (C=O) groups is 2. The van der Waals surface area contributed by atoms with Crippen LogP contribution in [-0.4, -0.2) is 30.1 Å². The summed E-state index contributed by atoms with van der Waals surface area (Å²) in [6.07, 6.45) is 10.3. The van der Waals surface area contributed by atoms with Crippen molar-refractivity contribution < 1.29 is 23.8 Å². The molecule has 0 aliphatic heterocycles. The molecule has 1 heterocycles. The average Bonchev–Trinajstić information content (AvgIpc) is 2.96. The van der Waals surface area contributed by atoms with E-state index in [-0.39, 0.29) is 5.97 Å². The zero-order valence-corrected chi connectivity index (χ0v) is 23.1. The molecular formula is C33H39NO5. The van der Waals surface area contributed by atoms with E-state index in [2.05, 4.69) is 24.6 Å². The number of hydrogen-bond acceptors (Lipinski definition) is 6. The highest BCUT2D eigenvalue weighted by molar-refractivity contribution is 5.91. The molecule has 0 atom stereocenters. The number of aryl methyl sites for hydroxylation is 1. The second-order valence-corrected chi connectivity index (χ2v) is 9.58. The molecule has 2 aromatic carbocycles. The molecule has 1 aromatic heterocycles. The summed E-state index contributed by atoms with van der Waals surface area (Å²) in [5.74, 6) is 0.508.